The Morgan fingerprint density at radius 3 is 2.21 bits per heavy atom. The minimum Gasteiger partial charge on any atom is -0.469 e. The van der Waals surface area contributed by atoms with Gasteiger partial charge in [0, 0.05) is 16.8 Å². The maximum absolute atomic E-state index is 13.2. The Kier molecular flexibility index (Phi) is 7.92. The van der Waals surface area contributed by atoms with E-state index in [1.54, 1.807) is 49.4 Å². The molecule has 3 aromatic carbocycles. The van der Waals surface area contributed by atoms with Gasteiger partial charge < -0.3 is 15.4 Å². The van der Waals surface area contributed by atoms with Crippen LogP contribution in [0.15, 0.2) is 72.8 Å². The molecule has 0 aromatic heterocycles. The summed E-state index contributed by atoms with van der Waals surface area (Å²) >= 11 is 0. The first-order chi connectivity index (χ1) is 16.3. The smallest absolute Gasteiger partial charge is 0.315 e. The molecule has 7 nitrogen and oxygen atoms in total. The maximum Gasteiger partial charge on any atom is 0.315 e. The summed E-state index contributed by atoms with van der Waals surface area (Å²) in [6.45, 7) is 3.77. The first kappa shape index (κ1) is 24.4. The van der Waals surface area contributed by atoms with Gasteiger partial charge in [-0.2, -0.15) is 0 Å². The second-order valence-corrected chi connectivity index (χ2v) is 7.88. The van der Waals surface area contributed by atoms with Crippen molar-refractivity contribution in [3.05, 3.63) is 95.1 Å². The van der Waals surface area contributed by atoms with Crippen LogP contribution >= 0.6 is 0 Å². The standard InChI is InChI=1S/C27H26N2O5/c1-17-9-11-19(12-10-17)18(2)27(33)29-23-14-13-21(28-24(30)16-25(31)34-3)15-22(23)26(32)20-7-5-4-6-8-20/h4-15,18H,16H2,1-3H3,(H,28,30)(H,29,33). The van der Waals surface area contributed by atoms with E-state index in [4.69, 9.17) is 0 Å². The predicted molar refractivity (Wildman–Crippen MR) is 130 cm³/mol. The van der Waals surface area contributed by atoms with Gasteiger partial charge in [-0.05, 0) is 37.6 Å². The van der Waals surface area contributed by atoms with Gasteiger partial charge in [-0.15, -0.1) is 0 Å². The van der Waals surface area contributed by atoms with E-state index >= 15 is 0 Å². The topological polar surface area (TPSA) is 102 Å². The molecule has 3 rings (SSSR count). The molecule has 7 heteroatoms. The van der Waals surface area contributed by atoms with Crippen molar-refractivity contribution < 1.29 is 23.9 Å². The minimum atomic E-state index is -0.674. The number of aryl methyl sites for hydroxylation is 1. The Morgan fingerprint density at radius 2 is 1.56 bits per heavy atom. The molecule has 0 bridgehead atoms. The van der Waals surface area contributed by atoms with Crippen LogP contribution in [0.5, 0.6) is 0 Å². The van der Waals surface area contributed by atoms with Crippen molar-refractivity contribution in [1.29, 1.82) is 0 Å². The van der Waals surface area contributed by atoms with E-state index < -0.39 is 24.2 Å². The molecule has 34 heavy (non-hydrogen) atoms. The van der Waals surface area contributed by atoms with Gasteiger partial charge in [-0.3, -0.25) is 19.2 Å². The Morgan fingerprint density at radius 1 is 0.882 bits per heavy atom. The molecule has 0 fully saturated rings. The average Bonchev–Trinajstić information content (AvgIpc) is 2.84. The van der Waals surface area contributed by atoms with Crippen LogP contribution in [0.1, 0.15) is 46.3 Å². The van der Waals surface area contributed by atoms with Crippen LogP contribution in [-0.2, 0) is 19.1 Å². The first-order valence-corrected chi connectivity index (χ1v) is 10.8. The van der Waals surface area contributed by atoms with Crippen LogP contribution < -0.4 is 10.6 Å². The second kappa shape index (κ2) is 11.0. The van der Waals surface area contributed by atoms with E-state index in [0.717, 1.165) is 11.1 Å². The molecule has 0 radical (unpaired) electrons. The van der Waals surface area contributed by atoms with E-state index in [1.807, 2.05) is 31.2 Å². The van der Waals surface area contributed by atoms with Gasteiger partial charge in [0.15, 0.2) is 5.78 Å². The average molecular weight is 459 g/mol. The summed E-state index contributed by atoms with van der Waals surface area (Å²) in [5, 5.41) is 5.43. The number of ketones is 1. The number of benzene rings is 3. The van der Waals surface area contributed by atoms with Gasteiger partial charge in [0.05, 0.1) is 18.7 Å². The fourth-order valence-corrected chi connectivity index (χ4v) is 3.32. The summed E-state index contributed by atoms with van der Waals surface area (Å²) in [6, 6.07) is 20.9. The third-order valence-electron chi connectivity index (χ3n) is 5.34. The van der Waals surface area contributed by atoms with Gasteiger partial charge in [0.1, 0.15) is 6.42 Å². The van der Waals surface area contributed by atoms with Gasteiger partial charge >= 0.3 is 5.97 Å². The number of nitrogens with one attached hydrogen (secondary N) is 2. The third kappa shape index (κ3) is 6.16. The highest BCUT2D eigenvalue weighted by atomic mass is 16.5. The monoisotopic (exact) mass is 458 g/mol. The van der Waals surface area contributed by atoms with Crippen LogP contribution in [0.3, 0.4) is 0 Å². The van der Waals surface area contributed by atoms with Crippen molar-refractivity contribution in [2.75, 3.05) is 17.7 Å². The number of methoxy groups -OCH3 is 1. The highest BCUT2D eigenvalue weighted by Crippen LogP contribution is 2.26. The molecule has 0 aliphatic carbocycles. The summed E-state index contributed by atoms with van der Waals surface area (Å²) in [5.74, 6) is -2.28. The van der Waals surface area contributed by atoms with Gasteiger partial charge in [-0.1, -0.05) is 60.2 Å². The SMILES string of the molecule is COC(=O)CC(=O)Nc1ccc(NC(=O)C(C)c2ccc(C)cc2)c(C(=O)c2ccccc2)c1. The molecule has 174 valence electrons. The lowest BCUT2D eigenvalue weighted by Gasteiger charge is -2.16. The molecule has 1 atom stereocenters. The van der Waals surface area contributed by atoms with Crippen molar-refractivity contribution in [3.63, 3.8) is 0 Å². The molecule has 0 aliphatic rings. The number of ether oxygens (including phenoxy) is 1. The number of hydrogen-bond donors (Lipinski definition) is 2. The predicted octanol–water partition coefficient (Wildman–Crippen LogP) is 4.47. The number of rotatable bonds is 8. The lowest BCUT2D eigenvalue weighted by molar-refractivity contribution is -0.142. The molecule has 3 aromatic rings. The zero-order chi connectivity index (χ0) is 24.7. The summed E-state index contributed by atoms with van der Waals surface area (Å²) < 4.78 is 4.51. The summed E-state index contributed by atoms with van der Waals surface area (Å²) in [6.07, 6.45) is -0.453. The molecule has 2 amide bonds. The molecular weight excluding hydrogens is 432 g/mol. The second-order valence-electron chi connectivity index (χ2n) is 7.88. The minimum absolute atomic E-state index is 0.214. The van der Waals surface area contributed by atoms with Crippen molar-refractivity contribution >= 4 is 34.9 Å². The number of anilines is 2. The highest BCUT2D eigenvalue weighted by Gasteiger charge is 2.21. The van der Waals surface area contributed by atoms with E-state index in [2.05, 4.69) is 15.4 Å². The Hall–Kier alpha value is -4.26. The van der Waals surface area contributed by atoms with E-state index in [9.17, 15) is 19.2 Å². The van der Waals surface area contributed by atoms with Crippen LogP contribution in [0.4, 0.5) is 11.4 Å². The van der Waals surface area contributed by atoms with Crippen molar-refractivity contribution in [2.24, 2.45) is 0 Å². The zero-order valence-electron chi connectivity index (χ0n) is 19.3. The Labute approximate surface area is 198 Å². The van der Waals surface area contributed by atoms with E-state index in [1.165, 1.54) is 13.2 Å². The van der Waals surface area contributed by atoms with Gasteiger partial charge in [0.25, 0.3) is 0 Å². The largest absolute Gasteiger partial charge is 0.469 e. The fraction of sp³-hybridized carbons (Fsp3) is 0.185. The van der Waals surface area contributed by atoms with Crippen molar-refractivity contribution in [1.82, 2.24) is 0 Å². The number of amides is 2. The quantitative estimate of drug-likeness (QED) is 0.295. The van der Waals surface area contributed by atoms with Crippen LogP contribution in [0.2, 0.25) is 0 Å². The molecule has 0 heterocycles. The molecule has 2 N–H and O–H groups in total. The van der Waals surface area contributed by atoms with Crippen molar-refractivity contribution in [3.8, 4) is 0 Å². The number of hydrogen-bond acceptors (Lipinski definition) is 5. The summed E-state index contributed by atoms with van der Waals surface area (Å²) in [5.41, 5.74) is 3.23. The van der Waals surface area contributed by atoms with Gasteiger partial charge in [0.2, 0.25) is 11.8 Å². The van der Waals surface area contributed by atoms with Crippen LogP contribution in [0, 0.1) is 6.92 Å². The normalized spacial score (nSPS) is 11.3. The van der Waals surface area contributed by atoms with Crippen LogP contribution in [-0.4, -0.2) is 30.7 Å². The summed E-state index contributed by atoms with van der Waals surface area (Å²) in [4.78, 5) is 49.7. The number of carbonyl (C=O) groups is 4. The number of carbonyl (C=O) groups excluding carboxylic acids is 4. The van der Waals surface area contributed by atoms with E-state index in [-0.39, 0.29) is 17.3 Å². The molecule has 0 saturated heterocycles. The molecule has 0 spiro atoms. The van der Waals surface area contributed by atoms with Gasteiger partial charge in [-0.25, -0.2) is 0 Å². The maximum atomic E-state index is 13.2. The fourth-order valence-electron chi connectivity index (χ4n) is 3.32. The lowest BCUT2D eigenvalue weighted by atomic mass is 9.97. The summed E-state index contributed by atoms with van der Waals surface area (Å²) in [7, 11) is 1.20. The Bertz CT molecular complexity index is 1200. The molecule has 1 unspecified atom stereocenters. The van der Waals surface area contributed by atoms with Crippen molar-refractivity contribution in [2.45, 2.75) is 26.2 Å². The first-order valence-electron chi connectivity index (χ1n) is 10.8. The van der Waals surface area contributed by atoms with E-state index in [0.29, 0.717) is 16.9 Å². The number of esters is 1. The molecule has 0 saturated carbocycles. The lowest BCUT2D eigenvalue weighted by Crippen LogP contribution is -2.21. The molecular formula is C27H26N2O5. The third-order valence-corrected chi connectivity index (χ3v) is 5.34. The van der Waals surface area contributed by atoms with Crippen LogP contribution in [0.25, 0.3) is 0 Å². The zero-order valence-corrected chi connectivity index (χ0v) is 19.3. The molecule has 0 aliphatic heterocycles. The Balaban J connectivity index is 1.89. The highest BCUT2D eigenvalue weighted by molar-refractivity contribution is 6.15.